The number of fused-ring (bicyclic) bond motifs is 1. The molecular formula is C23H21N5O2S. The molecule has 1 N–H and O–H groups in total. The van der Waals surface area contributed by atoms with Crippen LogP contribution in [0.15, 0.2) is 77.2 Å². The van der Waals surface area contributed by atoms with Crippen LogP contribution in [0.25, 0.3) is 10.8 Å². The van der Waals surface area contributed by atoms with Crippen LogP contribution in [0.2, 0.25) is 0 Å². The fourth-order valence-electron chi connectivity index (χ4n) is 3.11. The van der Waals surface area contributed by atoms with Crippen LogP contribution in [0.1, 0.15) is 21.5 Å². The van der Waals surface area contributed by atoms with E-state index < -0.39 is 0 Å². The van der Waals surface area contributed by atoms with Crippen LogP contribution in [0.5, 0.6) is 5.75 Å². The number of carbonyl (C=O) groups is 1. The molecule has 0 bridgehead atoms. The van der Waals surface area contributed by atoms with Crippen molar-refractivity contribution in [1.82, 2.24) is 20.2 Å². The molecule has 0 radical (unpaired) electrons. The number of carbonyl (C=O) groups excluding carboxylic acids is 1. The Morgan fingerprint density at radius 1 is 1.16 bits per heavy atom. The standard InChI is InChI=1S/C23H21N5O2S/c1-28-15-25-27-23(28)31-14-16-7-9-18(10-8-16)22(29)26-24-13-20-19-6-4-3-5-17(19)11-12-21(20)30-2/h3-13,15H,14H2,1-2H3,(H,26,29). The second-order valence-electron chi connectivity index (χ2n) is 6.81. The summed E-state index contributed by atoms with van der Waals surface area (Å²) >= 11 is 1.59. The molecule has 31 heavy (non-hydrogen) atoms. The third-order valence-electron chi connectivity index (χ3n) is 4.76. The number of hydrogen-bond donors (Lipinski definition) is 1. The summed E-state index contributed by atoms with van der Waals surface area (Å²) in [6, 6.07) is 19.3. The van der Waals surface area contributed by atoms with E-state index in [1.165, 1.54) is 0 Å². The van der Waals surface area contributed by atoms with Crippen molar-refractivity contribution in [2.75, 3.05) is 7.11 Å². The van der Waals surface area contributed by atoms with Crippen molar-refractivity contribution in [1.29, 1.82) is 0 Å². The Bertz CT molecular complexity index is 1230. The fourth-order valence-corrected chi connectivity index (χ4v) is 3.95. The summed E-state index contributed by atoms with van der Waals surface area (Å²) in [5, 5.41) is 15.0. The average Bonchev–Trinajstić information content (AvgIpc) is 3.22. The molecule has 1 aromatic heterocycles. The lowest BCUT2D eigenvalue weighted by molar-refractivity contribution is 0.0955. The molecule has 0 aliphatic rings. The van der Waals surface area contributed by atoms with Gasteiger partial charge in [0.1, 0.15) is 12.1 Å². The molecule has 1 heterocycles. The number of hydrazone groups is 1. The van der Waals surface area contributed by atoms with Gasteiger partial charge in [-0.2, -0.15) is 5.10 Å². The van der Waals surface area contributed by atoms with E-state index in [0.29, 0.717) is 11.3 Å². The van der Waals surface area contributed by atoms with Gasteiger partial charge in [-0.1, -0.05) is 54.2 Å². The maximum atomic E-state index is 12.5. The minimum absolute atomic E-state index is 0.275. The maximum Gasteiger partial charge on any atom is 0.271 e. The van der Waals surface area contributed by atoms with E-state index >= 15 is 0 Å². The normalized spacial score (nSPS) is 11.2. The van der Waals surface area contributed by atoms with E-state index in [4.69, 9.17) is 4.74 Å². The monoisotopic (exact) mass is 431 g/mol. The van der Waals surface area contributed by atoms with Crippen molar-refractivity contribution < 1.29 is 9.53 Å². The number of rotatable bonds is 7. The minimum atomic E-state index is -0.275. The number of ether oxygens (including phenoxy) is 1. The zero-order chi connectivity index (χ0) is 21.6. The van der Waals surface area contributed by atoms with Crippen molar-refractivity contribution in [2.24, 2.45) is 12.1 Å². The van der Waals surface area contributed by atoms with Gasteiger partial charge in [0, 0.05) is 23.9 Å². The summed E-state index contributed by atoms with van der Waals surface area (Å²) in [7, 11) is 3.52. The predicted octanol–water partition coefficient (Wildman–Crippen LogP) is 4.03. The molecule has 7 nitrogen and oxygen atoms in total. The van der Waals surface area contributed by atoms with Gasteiger partial charge in [0.15, 0.2) is 5.16 Å². The highest BCUT2D eigenvalue weighted by Gasteiger charge is 2.08. The van der Waals surface area contributed by atoms with Crippen LogP contribution in [0, 0.1) is 0 Å². The van der Waals surface area contributed by atoms with Gasteiger partial charge in [0.25, 0.3) is 5.91 Å². The van der Waals surface area contributed by atoms with Gasteiger partial charge in [0.05, 0.1) is 13.3 Å². The zero-order valence-electron chi connectivity index (χ0n) is 17.1. The number of nitrogens with zero attached hydrogens (tertiary/aromatic N) is 4. The predicted molar refractivity (Wildman–Crippen MR) is 123 cm³/mol. The van der Waals surface area contributed by atoms with Gasteiger partial charge >= 0.3 is 0 Å². The number of aromatic nitrogens is 3. The zero-order valence-corrected chi connectivity index (χ0v) is 18.0. The molecule has 0 unspecified atom stereocenters. The van der Waals surface area contributed by atoms with Crippen LogP contribution in [-0.4, -0.2) is 34.0 Å². The molecular weight excluding hydrogens is 410 g/mol. The van der Waals surface area contributed by atoms with Crippen molar-refractivity contribution in [3.63, 3.8) is 0 Å². The Kier molecular flexibility index (Phi) is 6.28. The van der Waals surface area contributed by atoms with Crippen LogP contribution in [-0.2, 0) is 12.8 Å². The van der Waals surface area contributed by atoms with E-state index in [0.717, 1.165) is 32.8 Å². The van der Waals surface area contributed by atoms with Gasteiger partial charge in [-0.05, 0) is 34.5 Å². The van der Waals surface area contributed by atoms with E-state index in [9.17, 15) is 4.79 Å². The Morgan fingerprint density at radius 2 is 1.97 bits per heavy atom. The number of methoxy groups -OCH3 is 1. The van der Waals surface area contributed by atoms with Crippen LogP contribution in [0.4, 0.5) is 0 Å². The van der Waals surface area contributed by atoms with E-state index in [1.807, 2.05) is 60.1 Å². The van der Waals surface area contributed by atoms with Gasteiger partial charge in [-0.3, -0.25) is 4.79 Å². The molecule has 0 aliphatic carbocycles. The van der Waals surface area contributed by atoms with Gasteiger partial charge < -0.3 is 9.30 Å². The first-order chi connectivity index (χ1) is 15.2. The highest BCUT2D eigenvalue weighted by atomic mass is 32.2. The second-order valence-corrected chi connectivity index (χ2v) is 7.75. The molecule has 8 heteroatoms. The number of aryl methyl sites for hydroxylation is 1. The lowest BCUT2D eigenvalue weighted by Crippen LogP contribution is -2.17. The van der Waals surface area contributed by atoms with Crippen molar-refractivity contribution in [2.45, 2.75) is 10.9 Å². The minimum Gasteiger partial charge on any atom is -0.496 e. The summed E-state index contributed by atoms with van der Waals surface area (Å²) in [6.07, 6.45) is 3.29. The fraction of sp³-hybridized carbons (Fsp3) is 0.130. The largest absolute Gasteiger partial charge is 0.496 e. The molecule has 0 atom stereocenters. The van der Waals surface area contributed by atoms with E-state index in [2.05, 4.69) is 20.7 Å². The number of nitrogens with one attached hydrogen (secondary N) is 1. The number of amides is 1. The van der Waals surface area contributed by atoms with Crippen LogP contribution >= 0.6 is 11.8 Å². The molecule has 0 saturated carbocycles. The Balaban J connectivity index is 1.41. The highest BCUT2D eigenvalue weighted by molar-refractivity contribution is 7.98. The Morgan fingerprint density at radius 3 is 2.71 bits per heavy atom. The van der Waals surface area contributed by atoms with Gasteiger partial charge in [-0.15, -0.1) is 10.2 Å². The van der Waals surface area contributed by atoms with Crippen molar-refractivity contribution in [3.8, 4) is 5.75 Å². The maximum absolute atomic E-state index is 12.5. The summed E-state index contributed by atoms with van der Waals surface area (Å²) < 4.78 is 7.32. The van der Waals surface area contributed by atoms with Crippen LogP contribution in [0.3, 0.4) is 0 Å². The number of benzene rings is 3. The number of thioether (sulfide) groups is 1. The van der Waals surface area contributed by atoms with Gasteiger partial charge in [-0.25, -0.2) is 5.43 Å². The quantitative estimate of drug-likeness (QED) is 0.271. The molecule has 1 amide bonds. The van der Waals surface area contributed by atoms with Gasteiger partial charge in [0.2, 0.25) is 0 Å². The third-order valence-corrected chi connectivity index (χ3v) is 5.87. The summed E-state index contributed by atoms with van der Waals surface area (Å²) in [6.45, 7) is 0. The topological polar surface area (TPSA) is 81.4 Å². The second kappa shape index (κ2) is 9.44. The molecule has 0 aliphatic heterocycles. The Labute approximate surface area is 184 Å². The molecule has 0 fully saturated rings. The van der Waals surface area contributed by atoms with E-state index in [-0.39, 0.29) is 5.91 Å². The summed E-state index contributed by atoms with van der Waals surface area (Å²) in [5.41, 5.74) is 5.04. The first-order valence-corrected chi connectivity index (χ1v) is 10.6. The summed E-state index contributed by atoms with van der Waals surface area (Å²) in [4.78, 5) is 12.5. The lowest BCUT2D eigenvalue weighted by Gasteiger charge is -2.08. The first-order valence-electron chi connectivity index (χ1n) is 9.60. The molecule has 0 saturated heterocycles. The smallest absolute Gasteiger partial charge is 0.271 e. The third kappa shape index (κ3) is 4.75. The lowest BCUT2D eigenvalue weighted by atomic mass is 10.0. The average molecular weight is 432 g/mol. The number of hydrogen-bond acceptors (Lipinski definition) is 6. The van der Waals surface area contributed by atoms with Crippen LogP contribution < -0.4 is 10.2 Å². The molecule has 156 valence electrons. The van der Waals surface area contributed by atoms with Crippen molar-refractivity contribution in [3.05, 3.63) is 83.7 Å². The highest BCUT2D eigenvalue weighted by Crippen LogP contribution is 2.26. The molecule has 0 spiro atoms. The Hall–Kier alpha value is -3.65. The SMILES string of the molecule is COc1ccc2ccccc2c1C=NNC(=O)c1ccc(CSc2nncn2C)cc1. The molecule has 4 aromatic rings. The first kappa shape index (κ1) is 20.6. The summed E-state index contributed by atoms with van der Waals surface area (Å²) in [5.74, 6) is 1.16. The molecule has 4 rings (SSSR count). The molecule has 3 aromatic carbocycles. The van der Waals surface area contributed by atoms with Crippen molar-refractivity contribution >= 4 is 34.7 Å². The van der Waals surface area contributed by atoms with E-state index in [1.54, 1.807) is 43.5 Å².